The molecule has 0 saturated heterocycles. The van der Waals surface area contributed by atoms with E-state index in [-0.39, 0.29) is 0 Å². The van der Waals surface area contributed by atoms with E-state index in [4.69, 9.17) is 23.2 Å². The van der Waals surface area contributed by atoms with Gasteiger partial charge in [0.15, 0.2) is 0 Å². The van der Waals surface area contributed by atoms with Crippen LogP contribution in [0.1, 0.15) is 5.56 Å². The van der Waals surface area contributed by atoms with Gasteiger partial charge >= 0.3 is 0 Å². The van der Waals surface area contributed by atoms with Gasteiger partial charge in [-0.1, -0.05) is 17.7 Å². The topological polar surface area (TPSA) is 3.24 Å². The molecule has 1 aromatic rings. The summed E-state index contributed by atoms with van der Waals surface area (Å²) in [5, 5.41) is 0.805. The van der Waals surface area contributed by atoms with E-state index >= 15 is 0 Å². The molecular weight excluding hydrogens is 205 g/mol. The van der Waals surface area contributed by atoms with Crippen molar-refractivity contribution in [2.75, 3.05) is 24.4 Å². The molecule has 0 heterocycles. The third kappa shape index (κ3) is 2.78. The largest absolute Gasteiger partial charge is 0.373 e. The number of anilines is 1. The van der Waals surface area contributed by atoms with Gasteiger partial charge in [0.05, 0.1) is 0 Å². The molecule has 1 aromatic carbocycles. The SMILES string of the molecule is Cc1ccc(N(C)CCCl)cc1Cl. The number of rotatable bonds is 3. The summed E-state index contributed by atoms with van der Waals surface area (Å²) < 4.78 is 0. The summed E-state index contributed by atoms with van der Waals surface area (Å²) >= 11 is 11.6. The smallest absolute Gasteiger partial charge is 0.0455 e. The second-order valence-corrected chi connectivity index (χ2v) is 3.83. The summed E-state index contributed by atoms with van der Waals surface area (Å²) in [6.45, 7) is 2.83. The van der Waals surface area contributed by atoms with Crippen molar-refractivity contribution in [2.45, 2.75) is 6.92 Å². The lowest BCUT2D eigenvalue weighted by Gasteiger charge is -2.18. The average Bonchev–Trinajstić information content (AvgIpc) is 2.10. The van der Waals surface area contributed by atoms with Crippen LogP contribution in [0.4, 0.5) is 5.69 Å². The van der Waals surface area contributed by atoms with Crippen LogP contribution in [-0.2, 0) is 0 Å². The fourth-order valence-electron chi connectivity index (χ4n) is 1.08. The van der Waals surface area contributed by atoms with Gasteiger partial charge in [-0.3, -0.25) is 0 Å². The highest BCUT2D eigenvalue weighted by Crippen LogP contribution is 2.22. The third-order valence-electron chi connectivity index (χ3n) is 2.02. The Kier molecular flexibility index (Phi) is 3.89. The van der Waals surface area contributed by atoms with E-state index < -0.39 is 0 Å². The van der Waals surface area contributed by atoms with Crippen LogP contribution >= 0.6 is 23.2 Å². The molecule has 1 nitrogen and oxygen atoms in total. The summed E-state index contributed by atoms with van der Waals surface area (Å²) in [6, 6.07) is 6.03. The van der Waals surface area contributed by atoms with Gasteiger partial charge in [-0.25, -0.2) is 0 Å². The standard InChI is InChI=1S/C10H13Cl2N/c1-8-3-4-9(7-10(8)12)13(2)6-5-11/h3-4,7H,5-6H2,1-2H3. The van der Waals surface area contributed by atoms with Crippen LogP contribution < -0.4 is 4.90 Å². The lowest BCUT2D eigenvalue weighted by Crippen LogP contribution is -2.19. The molecule has 0 fully saturated rings. The van der Waals surface area contributed by atoms with Gasteiger partial charge in [-0.15, -0.1) is 11.6 Å². The Bertz CT molecular complexity index is 286. The van der Waals surface area contributed by atoms with Crippen LogP contribution in [-0.4, -0.2) is 19.5 Å². The first kappa shape index (κ1) is 10.7. The summed E-state index contributed by atoms with van der Waals surface area (Å²) in [6.07, 6.45) is 0. The molecule has 0 unspecified atom stereocenters. The van der Waals surface area contributed by atoms with Crippen LogP contribution in [0.15, 0.2) is 18.2 Å². The van der Waals surface area contributed by atoms with Gasteiger partial charge < -0.3 is 4.90 Å². The summed E-state index contributed by atoms with van der Waals surface area (Å²) in [5.74, 6) is 0.627. The molecule has 3 heteroatoms. The molecule has 0 amide bonds. The van der Waals surface area contributed by atoms with Crippen LogP contribution in [0.5, 0.6) is 0 Å². The molecule has 0 radical (unpaired) electrons. The van der Waals surface area contributed by atoms with Crippen LogP contribution in [0.25, 0.3) is 0 Å². The quantitative estimate of drug-likeness (QED) is 0.703. The normalized spacial score (nSPS) is 10.2. The van der Waals surface area contributed by atoms with Crippen molar-refractivity contribution in [1.82, 2.24) is 0 Å². The average molecular weight is 218 g/mol. The van der Waals surface area contributed by atoms with Gasteiger partial charge in [0.2, 0.25) is 0 Å². The van der Waals surface area contributed by atoms with Gasteiger partial charge in [-0.2, -0.15) is 0 Å². The second-order valence-electron chi connectivity index (χ2n) is 3.04. The van der Waals surface area contributed by atoms with E-state index in [2.05, 4.69) is 4.90 Å². The van der Waals surface area contributed by atoms with Gasteiger partial charge in [0.1, 0.15) is 0 Å². The van der Waals surface area contributed by atoms with Gasteiger partial charge in [-0.05, 0) is 24.6 Å². The summed E-state index contributed by atoms with van der Waals surface area (Å²) in [5.41, 5.74) is 2.21. The number of aryl methyl sites for hydroxylation is 1. The second kappa shape index (κ2) is 4.73. The highest BCUT2D eigenvalue weighted by Gasteiger charge is 2.01. The molecule has 0 aromatic heterocycles. The van der Waals surface area contributed by atoms with E-state index in [1.165, 1.54) is 0 Å². The maximum atomic E-state index is 6.00. The van der Waals surface area contributed by atoms with Gasteiger partial charge in [0, 0.05) is 30.2 Å². The van der Waals surface area contributed by atoms with Crippen LogP contribution in [0.2, 0.25) is 5.02 Å². The summed E-state index contributed by atoms with van der Waals surface area (Å²) in [4.78, 5) is 2.08. The molecule has 0 N–H and O–H groups in total. The monoisotopic (exact) mass is 217 g/mol. The number of nitrogens with zero attached hydrogens (tertiary/aromatic N) is 1. The minimum absolute atomic E-state index is 0.627. The van der Waals surface area contributed by atoms with Crippen molar-refractivity contribution in [3.05, 3.63) is 28.8 Å². The number of hydrogen-bond acceptors (Lipinski definition) is 1. The van der Waals surface area contributed by atoms with Crippen molar-refractivity contribution in [2.24, 2.45) is 0 Å². The molecule has 0 aliphatic carbocycles. The number of alkyl halides is 1. The molecule has 0 aliphatic rings. The zero-order chi connectivity index (χ0) is 9.84. The number of hydrogen-bond donors (Lipinski definition) is 0. The Morgan fingerprint density at radius 3 is 2.62 bits per heavy atom. The van der Waals surface area contributed by atoms with Crippen molar-refractivity contribution >= 4 is 28.9 Å². The Balaban J connectivity index is 2.84. The Morgan fingerprint density at radius 2 is 2.08 bits per heavy atom. The predicted octanol–water partition coefficient (Wildman–Crippen LogP) is 3.32. The first-order chi connectivity index (χ1) is 6.15. The lowest BCUT2D eigenvalue weighted by molar-refractivity contribution is 0.973. The highest BCUT2D eigenvalue weighted by atomic mass is 35.5. The fourth-order valence-corrected chi connectivity index (χ4v) is 1.50. The highest BCUT2D eigenvalue weighted by molar-refractivity contribution is 6.31. The van der Waals surface area contributed by atoms with Crippen molar-refractivity contribution in [3.8, 4) is 0 Å². The van der Waals surface area contributed by atoms with E-state index in [1.807, 2.05) is 32.2 Å². The van der Waals surface area contributed by atoms with E-state index in [0.717, 1.165) is 22.8 Å². The van der Waals surface area contributed by atoms with Crippen LogP contribution in [0.3, 0.4) is 0 Å². The number of halogens is 2. The molecule has 0 saturated carbocycles. The Labute approximate surface area is 89.3 Å². The maximum Gasteiger partial charge on any atom is 0.0455 e. The Morgan fingerprint density at radius 1 is 1.38 bits per heavy atom. The Hall–Kier alpha value is -0.400. The molecule has 13 heavy (non-hydrogen) atoms. The predicted molar refractivity (Wildman–Crippen MR) is 60.2 cm³/mol. The van der Waals surface area contributed by atoms with E-state index in [9.17, 15) is 0 Å². The van der Waals surface area contributed by atoms with Crippen molar-refractivity contribution in [3.63, 3.8) is 0 Å². The molecule has 72 valence electrons. The fraction of sp³-hybridized carbons (Fsp3) is 0.400. The van der Waals surface area contributed by atoms with Crippen molar-refractivity contribution in [1.29, 1.82) is 0 Å². The summed E-state index contributed by atoms with van der Waals surface area (Å²) in [7, 11) is 2.00. The van der Waals surface area contributed by atoms with E-state index in [1.54, 1.807) is 0 Å². The van der Waals surface area contributed by atoms with E-state index in [0.29, 0.717) is 5.88 Å². The molecule has 0 aliphatic heterocycles. The zero-order valence-electron chi connectivity index (χ0n) is 7.85. The molecular formula is C10H13Cl2N. The third-order valence-corrected chi connectivity index (χ3v) is 2.59. The minimum Gasteiger partial charge on any atom is -0.373 e. The first-order valence-corrected chi connectivity index (χ1v) is 5.09. The first-order valence-electron chi connectivity index (χ1n) is 4.18. The maximum absolute atomic E-state index is 6.00. The molecule has 0 atom stereocenters. The lowest BCUT2D eigenvalue weighted by atomic mass is 10.2. The van der Waals surface area contributed by atoms with Crippen molar-refractivity contribution < 1.29 is 0 Å². The molecule has 0 spiro atoms. The van der Waals surface area contributed by atoms with Gasteiger partial charge in [0.25, 0.3) is 0 Å². The number of benzene rings is 1. The molecule has 0 bridgehead atoms. The minimum atomic E-state index is 0.627. The zero-order valence-corrected chi connectivity index (χ0v) is 9.36. The molecule has 1 rings (SSSR count). The van der Waals surface area contributed by atoms with Crippen LogP contribution in [0, 0.1) is 6.92 Å².